The molecule has 0 N–H and O–H groups in total. The maximum Gasteiger partial charge on any atom is 0.573 e. The molecule has 1 aromatic carbocycles. The summed E-state index contributed by atoms with van der Waals surface area (Å²) in [4.78, 5) is 16.1. The predicted molar refractivity (Wildman–Crippen MR) is 98.6 cm³/mol. The Balaban J connectivity index is 1.56. The summed E-state index contributed by atoms with van der Waals surface area (Å²) >= 11 is 0. The van der Waals surface area contributed by atoms with Crippen molar-refractivity contribution in [2.45, 2.75) is 6.36 Å². The summed E-state index contributed by atoms with van der Waals surface area (Å²) < 4.78 is 68.8. The van der Waals surface area contributed by atoms with Crippen LogP contribution in [0.3, 0.4) is 0 Å². The van der Waals surface area contributed by atoms with Gasteiger partial charge in [0, 0.05) is 57.9 Å². The third-order valence-electron chi connectivity index (χ3n) is 4.98. The van der Waals surface area contributed by atoms with Crippen LogP contribution >= 0.6 is 0 Å². The third kappa shape index (κ3) is 5.38. The first-order valence-corrected chi connectivity index (χ1v) is 10.5. The normalized spacial score (nSPS) is 20.6. The van der Waals surface area contributed by atoms with Crippen LogP contribution in [0.2, 0.25) is 0 Å². The molecule has 0 saturated carbocycles. The van der Waals surface area contributed by atoms with E-state index in [9.17, 15) is 26.4 Å². The minimum absolute atomic E-state index is 0.176. The van der Waals surface area contributed by atoms with Gasteiger partial charge < -0.3 is 14.5 Å². The number of carbonyl (C=O) groups is 1. The van der Waals surface area contributed by atoms with Gasteiger partial charge in [-0.3, -0.25) is 4.79 Å². The summed E-state index contributed by atoms with van der Waals surface area (Å²) in [6, 6.07) is 4.68. The lowest BCUT2D eigenvalue weighted by atomic mass is 10.2. The third-order valence-corrected chi connectivity index (χ3v) is 7.01. The Bertz CT molecular complexity index is 816. The van der Waals surface area contributed by atoms with Crippen LogP contribution in [0.5, 0.6) is 5.75 Å². The van der Waals surface area contributed by atoms with Gasteiger partial charge in [0.05, 0.1) is 0 Å². The lowest BCUT2D eigenvalue weighted by Gasteiger charge is -2.39. The zero-order chi connectivity index (χ0) is 21.2. The van der Waals surface area contributed by atoms with Crippen molar-refractivity contribution in [3.63, 3.8) is 0 Å². The first-order valence-electron chi connectivity index (χ1n) is 9.15. The van der Waals surface area contributed by atoms with Crippen LogP contribution in [0.1, 0.15) is 10.4 Å². The van der Waals surface area contributed by atoms with Crippen molar-refractivity contribution >= 4 is 16.1 Å². The van der Waals surface area contributed by atoms with Crippen LogP contribution in [0.25, 0.3) is 0 Å². The molecule has 0 unspecified atom stereocenters. The summed E-state index contributed by atoms with van der Waals surface area (Å²) in [5, 5.41) is 0. The zero-order valence-electron chi connectivity index (χ0n) is 15.9. The Labute approximate surface area is 167 Å². The first kappa shape index (κ1) is 21.8. The standard InChI is InChI=1S/C17H23F3N4O4S/c1-21-6-10-23(11-7-21)29(26,27)24-12-8-22(9-13-24)16(25)14-2-4-15(5-3-14)28-17(18,19)20/h2-5H,6-13H2,1H3. The molecule has 0 atom stereocenters. The molecule has 2 saturated heterocycles. The maximum absolute atomic E-state index is 12.8. The van der Waals surface area contributed by atoms with Gasteiger partial charge in [-0.1, -0.05) is 0 Å². The van der Waals surface area contributed by atoms with Gasteiger partial charge in [0.1, 0.15) is 5.75 Å². The molecule has 2 aliphatic heterocycles. The summed E-state index contributed by atoms with van der Waals surface area (Å²) in [6.07, 6.45) is -4.79. The molecule has 2 aliphatic rings. The number of carbonyl (C=O) groups excluding carboxylic acids is 1. The average Bonchev–Trinajstić information content (AvgIpc) is 2.67. The summed E-state index contributed by atoms with van der Waals surface area (Å²) in [5.41, 5.74) is 0.217. The largest absolute Gasteiger partial charge is 0.573 e. The number of alkyl halides is 3. The van der Waals surface area contributed by atoms with Gasteiger partial charge >= 0.3 is 6.36 Å². The minimum Gasteiger partial charge on any atom is -0.406 e. The second kappa shape index (κ2) is 8.46. The molecule has 0 radical (unpaired) electrons. The smallest absolute Gasteiger partial charge is 0.406 e. The first-order chi connectivity index (χ1) is 13.6. The fourth-order valence-corrected chi connectivity index (χ4v) is 4.86. The molecule has 162 valence electrons. The van der Waals surface area contributed by atoms with E-state index in [1.807, 2.05) is 7.05 Å². The van der Waals surface area contributed by atoms with E-state index in [0.29, 0.717) is 26.2 Å². The molecule has 2 fully saturated rings. The molecule has 0 bridgehead atoms. The lowest BCUT2D eigenvalue weighted by Crippen LogP contribution is -2.57. The number of amides is 1. The highest BCUT2D eigenvalue weighted by molar-refractivity contribution is 7.86. The van der Waals surface area contributed by atoms with Crippen molar-refractivity contribution in [3.8, 4) is 5.75 Å². The highest BCUT2D eigenvalue weighted by atomic mass is 32.2. The quantitative estimate of drug-likeness (QED) is 0.699. The Hall–Kier alpha value is -1.89. The number of nitrogens with zero attached hydrogens (tertiary/aromatic N) is 4. The van der Waals surface area contributed by atoms with Gasteiger partial charge in [0.15, 0.2) is 0 Å². The molecule has 1 aromatic rings. The zero-order valence-corrected chi connectivity index (χ0v) is 16.7. The topological polar surface area (TPSA) is 73.4 Å². The second-order valence-corrected chi connectivity index (χ2v) is 8.90. The van der Waals surface area contributed by atoms with Crippen LogP contribution in [0.4, 0.5) is 13.2 Å². The number of piperazine rings is 2. The number of hydrogen-bond acceptors (Lipinski definition) is 5. The Kier molecular flexibility index (Phi) is 6.36. The number of hydrogen-bond donors (Lipinski definition) is 0. The Morgan fingerprint density at radius 2 is 1.38 bits per heavy atom. The number of benzene rings is 1. The van der Waals surface area contributed by atoms with Crippen LogP contribution in [0.15, 0.2) is 24.3 Å². The van der Waals surface area contributed by atoms with E-state index >= 15 is 0 Å². The van der Waals surface area contributed by atoms with Crippen molar-refractivity contribution < 1.29 is 31.1 Å². The minimum atomic E-state index is -4.79. The molecule has 0 aromatic heterocycles. The van der Waals surface area contributed by atoms with Gasteiger partial charge in [-0.05, 0) is 31.3 Å². The maximum atomic E-state index is 12.8. The molecule has 3 rings (SSSR count). The molecule has 12 heteroatoms. The fraction of sp³-hybridized carbons (Fsp3) is 0.588. The van der Waals surface area contributed by atoms with Gasteiger partial charge in [-0.2, -0.15) is 17.0 Å². The molecule has 1 amide bonds. The number of rotatable bonds is 4. The van der Waals surface area contributed by atoms with Crippen molar-refractivity contribution in [2.24, 2.45) is 0 Å². The van der Waals surface area contributed by atoms with Gasteiger partial charge in [-0.15, -0.1) is 13.2 Å². The molecule has 0 aliphatic carbocycles. The highest BCUT2D eigenvalue weighted by Crippen LogP contribution is 2.23. The molecular formula is C17H23F3N4O4S. The Morgan fingerprint density at radius 3 is 1.86 bits per heavy atom. The van der Waals surface area contributed by atoms with E-state index in [0.717, 1.165) is 12.1 Å². The monoisotopic (exact) mass is 436 g/mol. The van der Waals surface area contributed by atoms with E-state index in [2.05, 4.69) is 9.64 Å². The second-order valence-electron chi connectivity index (χ2n) is 6.97. The van der Waals surface area contributed by atoms with Crippen molar-refractivity contribution in [1.82, 2.24) is 18.4 Å². The molecular weight excluding hydrogens is 413 g/mol. The van der Waals surface area contributed by atoms with Crippen LogP contribution < -0.4 is 4.74 Å². The van der Waals surface area contributed by atoms with E-state index in [4.69, 9.17) is 0 Å². The Morgan fingerprint density at radius 1 is 0.897 bits per heavy atom. The summed E-state index contributed by atoms with van der Waals surface area (Å²) in [6.45, 7) is 3.00. The average molecular weight is 436 g/mol. The predicted octanol–water partition coefficient (Wildman–Crippen LogP) is 0.835. The van der Waals surface area contributed by atoms with Crippen LogP contribution in [0, 0.1) is 0 Å². The van der Waals surface area contributed by atoms with Gasteiger partial charge in [0.2, 0.25) is 0 Å². The van der Waals surface area contributed by atoms with Gasteiger partial charge in [-0.25, -0.2) is 0 Å². The van der Waals surface area contributed by atoms with Gasteiger partial charge in [0.25, 0.3) is 16.1 Å². The number of likely N-dealkylation sites (N-methyl/N-ethyl adjacent to an activating group) is 1. The molecule has 0 spiro atoms. The SMILES string of the molecule is CN1CCN(S(=O)(=O)N2CCN(C(=O)c3ccc(OC(F)(F)F)cc3)CC2)CC1. The fourth-order valence-electron chi connectivity index (χ4n) is 3.29. The van der Waals surface area contributed by atoms with Crippen LogP contribution in [-0.2, 0) is 10.2 Å². The molecule has 8 nitrogen and oxygen atoms in total. The summed E-state index contributed by atoms with van der Waals surface area (Å²) in [5.74, 6) is -0.766. The van der Waals surface area contributed by atoms with E-state index in [-0.39, 0.29) is 37.6 Å². The van der Waals surface area contributed by atoms with Crippen molar-refractivity contribution in [1.29, 1.82) is 0 Å². The van der Waals surface area contributed by atoms with Crippen molar-refractivity contribution in [3.05, 3.63) is 29.8 Å². The highest BCUT2D eigenvalue weighted by Gasteiger charge is 2.35. The van der Waals surface area contributed by atoms with E-state index in [1.54, 1.807) is 0 Å². The van der Waals surface area contributed by atoms with Crippen LogP contribution in [-0.4, -0.2) is 98.5 Å². The van der Waals surface area contributed by atoms with E-state index in [1.165, 1.54) is 25.6 Å². The number of ether oxygens (including phenoxy) is 1. The molecule has 2 heterocycles. The van der Waals surface area contributed by atoms with E-state index < -0.39 is 22.3 Å². The summed E-state index contributed by atoms with van der Waals surface area (Å²) in [7, 11) is -1.63. The molecule has 29 heavy (non-hydrogen) atoms. The van der Waals surface area contributed by atoms with Crippen molar-refractivity contribution in [2.75, 3.05) is 59.4 Å². The number of halogens is 3. The lowest BCUT2D eigenvalue weighted by molar-refractivity contribution is -0.274.